The molecule has 1 saturated heterocycles. The Labute approximate surface area is 160 Å². The molecule has 1 fully saturated rings. The molecule has 2 atom stereocenters. The second kappa shape index (κ2) is 7.79. The predicted octanol–water partition coefficient (Wildman–Crippen LogP) is 2.12. The standard InChI is InChI=1S/C20H19N3O5/c24-15-2-1-7-21-18(15)19(26)23-13-3-4-14-12(10-13)5-8-22-20(14)28-17-6-9-27-11-16(17)25/h1-5,7-8,10,16-17,24-25H,6,9,11H2,(H,23,26). The zero-order valence-electron chi connectivity index (χ0n) is 14.9. The van der Waals surface area contributed by atoms with Gasteiger partial charge in [-0.25, -0.2) is 9.97 Å². The highest BCUT2D eigenvalue weighted by Crippen LogP contribution is 2.28. The average Bonchev–Trinajstić information content (AvgIpc) is 2.70. The van der Waals surface area contributed by atoms with Crippen LogP contribution in [0, 0.1) is 0 Å². The molecule has 0 saturated carbocycles. The van der Waals surface area contributed by atoms with Gasteiger partial charge in [-0.15, -0.1) is 0 Å². The van der Waals surface area contributed by atoms with Crippen molar-refractivity contribution in [3.05, 3.63) is 54.5 Å². The van der Waals surface area contributed by atoms with Gasteiger partial charge in [0.05, 0.1) is 13.2 Å². The van der Waals surface area contributed by atoms with E-state index < -0.39 is 12.0 Å². The molecule has 8 heteroatoms. The van der Waals surface area contributed by atoms with Crippen LogP contribution in [0.2, 0.25) is 0 Å². The predicted molar refractivity (Wildman–Crippen MR) is 101 cm³/mol. The topological polar surface area (TPSA) is 114 Å². The normalized spacial score (nSPS) is 19.3. The van der Waals surface area contributed by atoms with Gasteiger partial charge in [0.15, 0.2) is 5.69 Å². The van der Waals surface area contributed by atoms with E-state index in [4.69, 9.17) is 9.47 Å². The fourth-order valence-corrected chi connectivity index (χ4v) is 3.07. The van der Waals surface area contributed by atoms with Crippen molar-refractivity contribution in [3.8, 4) is 11.6 Å². The van der Waals surface area contributed by atoms with E-state index in [0.717, 1.165) is 10.8 Å². The van der Waals surface area contributed by atoms with E-state index in [1.54, 1.807) is 36.5 Å². The summed E-state index contributed by atoms with van der Waals surface area (Å²) in [6.07, 6.45) is 2.56. The number of aliphatic hydroxyl groups is 1. The van der Waals surface area contributed by atoms with Crippen molar-refractivity contribution in [3.63, 3.8) is 0 Å². The Hall–Kier alpha value is -3.23. The first-order valence-electron chi connectivity index (χ1n) is 8.88. The highest BCUT2D eigenvalue weighted by molar-refractivity contribution is 6.05. The third-order valence-electron chi connectivity index (χ3n) is 4.51. The Morgan fingerprint density at radius 1 is 1.21 bits per heavy atom. The zero-order chi connectivity index (χ0) is 19.5. The Morgan fingerprint density at radius 3 is 2.93 bits per heavy atom. The fourth-order valence-electron chi connectivity index (χ4n) is 3.07. The number of aromatic hydroxyl groups is 1. The number of nitrogens with zero attached hydrogens (tertiary/aromatic N) is 2. The van der Waals surface area contributed by atoms with Crippen molar-refractivity contribution in [1.82, 2.24) is 9.97 Å². The number of carbonyl (C=O) groups is 1. The van der Waals surface area contributed by atoms with Gasteiger partial charge in [-0.1, -0.05) is 0 Å². The van der Waals surface area contributed by atoms with Crippen molar-refractivity contribution < 1.29 is 24.5 Å². The minimum absolute atomic E-state index is 0.0464. The van der Waals surface area contributed by atoms with Gasteiger partial charge in [-0.3, -0.25) is 4.79 Å². The van der Waals surface area contributed by atoms with E-state index in [0.29, 0.717) is 24.6 Å². The summed E-state index contributed by atoms with van der Waals surface area (Å²) in [5, 5.41) is 24.1. The molecule has 0 bridgehead atoms. The molecule has 3 heterocycles. The van der Waals surface area contributed by atoms with Crippen LogP contribution in [0.4, 0.5) is 5.69 Å². The first-order valence-corrected chi connectivity index (χ1v) is 8.88. The van der Waals surface area contributed by atoms with Gasteiger partial charge in [0.2, 0.25) is 5.88 Å². The molecule has 0 radical (unpaired) electrons. The van der Waals surface area contributed by atoms with Gasteiger partial charge in [-0.2, -0.15) is 0 Å². The van der Waals surface area contributed by atoms with Crippen molar-refractivity contribution in [1.29, 1.82) is 0 Å². The molecule has 144 valence electrons. The molecule has 0 aliphatic carbocycles. The first kappa shape index (κ1) is 18.1. The van der Waals surface area contributed by atoms with Crippen molar-refractivity contribution in [2.24, 2.45) is 0 Å². The molecule has 2 unspecified atom stereocenters. The Kier molecular flexibility index (Phi) is 5.05. The summed E-state index contributed by atoms with van der Waals surface area (Å²) in [5.74, 6) is -0.271. The highest BCUT2D eigenvalue weighted by Gasteiger charge is 2.26. The number of hydrogen-bond donors (Lipinski definition) is 3. The van der Waals surface area contributed by atoms with Crippen molar-refractivity contribution in [2.45, 2.75) is 18.6 Å². The number of carbonyl (C=O) groups excluding carboxylic acids is 1. The minimum Gasteiger partial charge on any atom is -0.505 e. The molecule has 4 rings (SSSR count). The SMILES string of the molecule is O=C(Nc1ccc2c(OC3CCOCC3O)nccc2c1)c1ncccc1O. The number of fused-ring (bicyclic) bond motifs is 1. The summed E-state index contributed by atoms with van der Waals surface area (Å²) in [6, 6.07) is 10.0. The third kappa shape index (κ3) is 3.73. The summed E-state index contributed by atoms with van der Waals surface area (Å²) in [5.41, 5.74) is 0.501. The largest absolute Gasteiger partial charge is 0.505 e. The molecule has 3 N–H and O–H groups in total. The lowest BCUT2D eigenvalue weighted by atomic mass is 10.1. The number of rotatable bonds is 4. The number of ether oxygens (including phenoxy) is 2. The smallest absolute Gasteiger partial charge is 0.278 e. The van der Waals surface area contributed by atoms with Crippen LogP contribution < -0.4 is 10.1 Å². The average molecular weight is 381 g/mol. The number of aromatic nitrogens is 2. The summed E-state index contributed by atoms with van der Waals surface area (Å²) in [4.78, 5) is 20.5. The van der Waals surface area contributed by atoms with Gasteiger partial charge in [0, 0.05) is 29.9 Å². The number of benzene rings is 1. The van der Waals surface area contributed by atoms with E-state index >= 15 is 0 Å². The maximum Gasteiger partial charge on any atom is 0.278 e. The van der Waals surface area contributed by atoms with Crippen LogP contribution in [0.3, 0.4) is 0 Å². The minimum atomic E-state index is -0.699. The molecule has 1 aromatic carbocycles. The van der Waals surface area contributed by atoms with Crippen LogP contribution in [0.1, 0.15) is 16.9 Å². The molecule has 1 aliphatic rings. The van der Waals surface area contributed by atoms with Gasteiger partial charge in [0.1, 0.15) is 18.0 Å². The molecule has 1 aliphatic heterocycles. The summed E-state index contributed by atoms with van der Waals surface area (Å²) in [7, 11) is 0. The number of nitrogens with one attached hydrogen (secondary N) is 1. The highest BCUT2D eigenvalue weighted by atomic mass is 16.5. The van der Waals surface area contributed by atoms with E-state index in [2.05, 4.69) is 15.3 Å². The Balaban J connectivity index is 1.56. The summed E-state index contributed by atoms with van der Waals surface area (Å²) < 4.78 is 11.1. The Bertz CT molecular complexity index is 1010. The fraction of sp³-hybridized carbons (Fsp3) is 0.250. The second-order valence-corrected chi connectivity index (χ2v) is 6.46. The lowest BCUT2D eigenvalue weighted by Crippen LogP contribution is -2.40. The van der Waals surface area contributed by atoms with Crippen molar-refractivity contribution in [2.75, 3.05) is 18.5 Å². The van der Waals surface area contributed by atoms with E-state index in [9.17, 15) is 15.0 Å². The number of hydrogen-bond acceptors (Lipinski definition) is 7. The molecule has 1 amide bonds. The van der Waals surface area contributed by atoms with Crippen LogP contribution in [-0.2, 0) is 4.74 Å². The number of aliphatic hydroxyl groups excluding tert-OH is 1. The number of amides is 1. The maximum absolute atomic E-state index is 12.3. The summed E-state index contributed by atoms with van der Waals surface area (Å²) >= 11 is 0. The van der Waals surface area contributed by atoms with Crippen LogP contribution in [0.5, 0.6) is 11.6 Å². The molecule has 28 heavy (non-hydrogen) atoms. The lowest BCUT2D eigenvalue weighted by molar-refractivity contribution is -0.0758. The molecule has 2 aromatic heterocycles. The van der Waals surface area contributed by atoms with Gasteiger partial charge < -0.3 is 25.0 Å². The first-order chi connectivity index (χ1) is 13.6. The maximum atomic E-state index is 12.3. The molecule has 8 nitrogen and oxygen atoms in total. The van der Waals surface area contributed by atoms with E-state index in [1.807, 2.05) is 0 Å². The second-order valence-electron chi connectivity index (χ2n) is 6.46. The van der Waals surface area contributed by atoms with Crippen LogP contribution in [-0.4, -0.2) is 51.5 Å². The lowest BCUT2D eigenvalue weighted by Gasteiger charge is -2.28. The van der Waals surface area contributed by atoms with E-state index in [1.165, 1.54) is 12.3 Å². The van der Waals surface area contributed by atoms with E-state index in [-0.39, 0.29) is 24.2 Å². The van der Waals surface area contributed by atoms with Gasteiger partial charge in [0.25, 0.3) is 5.91 Å². The van der Waals surface area contributed by atoms with Gasteiger partial charge in [-0.05, 0) is 41.8 Å². The zero-order valence-corrected chi connectivity index (χ0v) is 14.9. The quantitative estimate of drug-likeness (QED) is 0.634. The molecular weight excluding hydrogens is 362 g/mol. The molecular formula is C20H19N3O5. The third-order valence-corrected chi connectivity index (χ3v) is 4.51. The monoisotopic (exact) mass is 381 g/mol. The number of anilines is 1. The van der Waals surface area contributed by atoms with Crippen LogP contribution in [0.15, 0.2) is 48.8 Å². The van der Waals surface area contributed by atoms with Crippen LogP contribution >= 0.6 is 0 Å². The summed E-state index contributed by atoms with van der Waals surface area (Å²) in [6.45, 7) is 0.773. The number of pyridine rings is 2. The van der Waals surface area contributed by atoms with Crippen molar-refractivity contribution >= 4 is 22.4 Å². The molecule has 0 spiro atoms. The molecule has 3 aromatic rings. The van der Waals surface area contributed by atoms with Crippen LogP contribution in [0.25, 0.3) is 10.8 Å². The van der Waals surface area contributed by atoms with Gasteiger partial charge >= 0.3 is 0 Å². The Morgan fingerprint density at radius 2 is 2.11 bits per heavy atom.